The van der Waals surface area contributed by atoms with Gasteiger partial charge in [-0.1, -0.05) is 24.6 Å². The van der Waals surface area contributed by atoms with Gasteiger partial charge in [0.1, 0.15) is 17.6 Å². The highest BCUT2D eigenvalue weighted by molar-refractivity contribution is 6.34. The van der Waals surface area contributed by atoms with E-state index in [1.165, 1.54) is 38.5 Å². The summed E-state index contributed by atoms with van der Waals surface area (Å²) in [6.07, 6.45) is 10.6. The fourth-order valence-electron chi connectivity index (χ4n) is 9.48. The molecule has 9 atom stereocenters. The Morgan fingerprint density at radius 2 is 1.79 bits per heavy atom. The Labute approximate surface area is 200 Å². The molecule has 1 aromatic heterocycles. The summed E-state index contributed by atoms with van der Waals surface area (Å²) in [5.74, 6) is 4.86. The van der Waals surface area contributed by atoms with Crippen LogP contribution in [0.25, 0.3) is 11.0 Å². The Morgan fingerprint density at radius 3 is 2.58 bits per heavy atom. The van der Waals surface area contributed by atoms with Crippen LogP contribution >= 0.6 is 11.6 Å². The van der Waals surface area contributed by atoms with E-state index >= 15 is 0 Å². The van der Waals surface area contributed by atoms with Crippen molar-refractivity contribution in [1.82, 2.24) is 15.0 Å². The van der Waals surface area contributed by atoms with Crippen LogP contribution in [0.1, 0.15) is 64.7 Å². The second kappa shape index (κ2) is 7.04. The van der Waals surface area contributed by atoms with Crippen LogP contribution in [0.5, 0.6) is 0 Å². The minimum absolute atomic E-state index is 0.115. The van der Waals surface area contributed by atoms with Crippen LogP contribution in [-0.2, 0) is 11.3 Å². The lowest BCUT2D eigenvalue weighted by molar-refractivity contribution is -0.132. The largest absolute Gasteiger partial charge is 0.390 e. The number of benzene rings is 1. The van der Waals surface area contributed by atoms with E-state index in [1.54, 1.807) is 4.80 Å². The number of halogens is 1. The molecule has 5 saturated carbocycles. The molecule has 6 heteroatoms. The molecule has 1 unspecified atom stereocenters. The number of rotatable bonds is 3. The van der Waals surface area contributed by atoms with Gasteiger partial charge in [0.25, 0.3) is 0 Å². The zero-order valence-corrected chi connectivity index (χ0v) is 20.2. The molecule has 1 N–H and O–H groups in total. The van der Waals surface area contributed by atoms with Gasteiger partial charge in [-0.3, -0.25) is 4.79 Å². The van der Waals surface area contributed by atoms with Crippen LogP contribution in [0.3, 0.4) is 0 Å². The van der Waals surface area contributed by atoms with E-state index in [9.17, 15) is 9.90 Å². The predicted octanol–water partition coefficient (Wildman–Crippen LogP) is 5.28. The van der Waals surface area contributed by atoms with E-state index in [0.29, 0.717) is 28.2 Å². The summed E-state index contributed by atoms with van der Waals surface area (Å²) in [5.41, 5.74) is 1.25. The predicted molar refractivity (Wildman–Crippen MR) is 127 cm³/mol. The second-order valence-corrected chi connectivity index (χ2v) is 12.7. The van der Waals surface area contributed by atoms with Crippen LogP contribution in [0.4, 0.5) is 0 Å². The lowest BCUT2D eigenvalue weighted by atomic mass is 9.49. The van der Waals surface area contributed by atoms with Gasteiger partial charge in [0.15, 0.2) is 5.78 Å². The lowest BCUT2D eigenvalue weighted by Crippen LogP contribution is -2.50. The quantitative estimate of drug-likeness (QED) is 0.666. The van der Waals surface area contributed by atoms with E-state index in [0.717, 1.165) is 48.5 Å². The van der Waals surface area contributed by atoms with Gasteiger partial charge in [-0.05, 0) is 111 Å². The van der Waals surface area contributed by atoms with E-state index in [4.69, 9.17) is 11.6 Å². The van der Waals surface area contributed by atoms with Crippen LogP contribution in [0.2, 0.25) is 5.02 Å². The number of carbonyl (C=O) groups excluding carboxylic acids is 1. The van der Waals surface area contributed by atoms with Gasteiger partial charge in [-0.2, -0.15) is 15.0 Å². The number of aliphatic hydroxyl groups is 1. The molecule has 1 heterocycles. The topological polar surface area (TPSA) is 68.0 Å². The molecule has 5 fully saturated rings. The fraction of sp³-hybridized carbons (Fsp3) is 0.741. The van der Waals surface area contributed by atoms with Crippen LogP contribution in [-0.4, -0.2) is 31.5 Å². The van der Waals surface area contributed by atoms with Crippen molar-refractivity contribution in [2.24, 2.45) is 46.8 Å². The third-order valence-electron chi connectivity index (χ3n) is 11.0. The number of ketones is 1. The summed E-state index contributed by atoms with van der Waals surface area (Å²) in [7, 11) is 0. The molecule has 2 aromatic rings. The molecule has 0 bridgehead atoms. The molecule has 0 amide bonds. The van der Waals surface area contributed by atoms with Gasteiger partial charge in [-0.25, -0.2) is 0 Å². The van der Waals surface area contributed by atoms with Crippen LogP contribution in [0.15, 0.2) is 18.2 Å². The third-order valence-corrected chi connectivity index (χ3v) is 11.4. The first-order valence-corrected chi connectivity index (χ1v) is 13.5. The standard InChI is InChI=1S/C27H34ClN3O2/c1-26-11-9-15-16-10-12-27(33)13-21(27)18(16)6-5-17(15)19(26)7-8-20(26)24(32)14-31-29-23-4-2-3-22(28)25(23)30-31/h2-4,15-21,33H,5-14H2,1H3/t15-,16-,17-,18+,19+,20-,21?,26+,27+/m1/s1. The molecule has 5 nitrogen and oxygen atoms in total. The van der Waals surface area contributed by atoms with Gasteiger partial charge < -0.3 is 5.11 Å². The molecule has 0 radical (unpaired) electrons. The Hall–Kier alpha value is -1.46. The van der Waals surface area contributed by atoms with Gasteiger partial charge in [0.2, 0.25) is 0 Å². The maximum absolute atomic E-state index is 13.5. The Morgan fingerprint density at radius 1 is 1.03 bits per heavy atom. The third kappa shape index (κ3) is 2.97. The molecule has 176 valence electrons. The number of hydrogen-bond acceptors (Lipinski definition) is 4. The number of aromatic nitrogens is 3. The first-order valence-electron chi connectivity index (χ1n) is 13.1. The van der Waals surface area contributed by atoms with Crippen molar-refractivity contribution in [2.75, 3.05) is 0 Å². The van der Waals surface area contributed by atoms with Gasteiger partial charge in [0, 0.05) is 5.92 Å². The average molecular weight is 468 g/mol. The molecule has 7 rings (SSSR count). The first-order chi connectivity index (χ1) is 15.9. The summed E-state index contributed by atoms with van der Waals surface area (Å²) < 4.78 is 0. The minimum Gasteiger partial charge on any atom is -0.390 e. The van der Waals surface area contributed by atoms with Crippen LogP contribution < -0.4 is 0 Å². The molecule has 5 aliphatic carbocycles. The lowest BCUT2D eigenvalue weighted by Gasteiger charge is -2.56. The number of nitrogens with zero attached hydrogens (tertiary/aromatic N) is 3. The summed E-state index contributed by atoms with van der Waals surface area (Å²) in [5, 5.41) is 20.3. The SMILES string of the molecule is C[C@]12CC[C@@H]3[C@H]4CC[C@]5(O)CC5[C@H]4CC[C@H]3[C@@H]1CC[C@@H]2C(=O)Cn1nc2cccc(Cl)c2n1. The summed E-state index contributed by atoms with van der Waals surface area (Å²) in [6, 6.07) is 5.58. The molecular formula is C27H34ClN3O2. The minimum atomic E-state index is -0.294. The molecule has 5 aliphatic rings. The Kier molecular flexibility index (Phi) is 4.45. The smallest absolute Gasteiger partial charge is 0.159 e. The highest BCUT2D eigenvalue weighted by Gasteiger charge is 2.65. The normalized spacial score (nSPS) is 45.7. The van der Waals surface area contributed by atoms with Crippen molar-refractivity contribution in [3.63, 3.8) is 0 Å². The number of hydrogen-bond donors (Lipinski definition) is 1. The number of Topliss-reactive ketones (excluding diaryl/α,β-unsaturated/α-hetero) is 1. The Bertz CT molecular complexity index is 1130. The monoisotopic (exact) mass is 467 g/mol. The maximum Gasteiger partial charge on any atom is 0.159 e. The molecule has 0 aliphatic heterocycles. The van der Waals surface area contributed by atoms with Gasteiger partial charge in [0.05, 0.1) is 10.6 Å². The van der Waals surface area contributed by atoms with E-state index < -0.39 is 0 Å². The average Bonchev–Trinajstić information content (AvgIpc) is 3.13. The highest BCUT2D eigenvalue weighted by Crippen LogP contribution is 2.68. The summed E-state index contributed by atoms with van der Waals surface area (Å²) in [6.45, 7) is 2.66. The molecule has 0 spiro atoms. The maximum atomic E-state index is 13.5. The number of fused-ring (bicyclic) bond motifs is 8. The van der Waals surface area contributed by atoms with E-state index in [1.807, 2.05) is 18.2 Å². The highest BCUT2D eigenvalue weighted by atomic mass is 35.5. The summed E-state index contributed by atoms with van der Waals surface area (Å²) in [4.78, 5) is 15.1. The van der Waals surface area contributed by atoms with Gasteiger partial charge >= 0.3 is 0 Å². The molecule has 1 aromatic carbocycles. The van der Waals surface area contributed by atoms with Gasteiger partial charge in [-0.15, -0.1) is 0 Å². The second-order valence-electron chi connectivity index (χ2n) is 12.3. The number of carbonyl (C=O) groups is 1. The van der Waals surface area contributed by atoms with E-state index in [2.05, 4.69) is 17.1 Å². The first kappa shape index (κ1) is 20.9. The van der Waals surface area contributed by atoms with Crippen molar-refractivity contribution in [2.45, 2.75) is 76.9 Å². The zero-order valence-electron chi connectivity index (χ0n) is 19.4. The fourth-order valence-corrected chi connectivity index (χ4v) is 9.69. The summed E-state index contributed by atoms with van der Waals surface area (Å²) >= 11 is 6.27. The zero-order chi connectivity index (χ0) is 22.5. The van der Waals surface area contributed by atoms with Crippen molar-refractivity contribution in [3.8, 4) is 0 Å². The molecule has 0 saturated heterocycles. The molecule has 33 heavy (non-hydrogen) atoms. The van der Waals surface area contributed by atoms with Crippen LogP contribution in [0, 0.1) is 46.8 Å². The van der Waals surface area contributed by atoms with E-state index in [-0.39, 0.29) is 23.5 Å². The van der Waals surface area contributed by atoms with Crippen molar-refractivity contribution >= 4 is 28.4 Å². The van der Waals surface area contributed by atoms with Crippen molar-refractivity contribution in [3.05, 3.63) is 23.2 Å². The Balaban J connectivity index is 1.09. The van der Waals surface area contributed by atoms with Crippen molar-refractivity contribution < 1.29 is 9.90 Å². The van der Waals surface area contributed by atoms with Crippen molar-refractivity contribution in [1.29, 1.82) is 0 Å². The molecular weight excluding hydrogens is 434 g/mol.